The summed E-state index contributed by atoms with van der Waals surface area (Å²) in [5.41, 5.74) is 0.703. The van der Waals surface area contributed by atoms with Crippen molar-refractivity contribution in [3.8, 4) is 5.75 Å². The third-order valence-electron chi connectivity index (χ3n) is 5.82. The molecule has 0 radical (unpaired) electrons. The molecule has 0 aromatic heterocycles. The highest BCUT2D eigenvalue weighted by Crippen LogP contribution is 2.39. The summed E-state index contributed by atoms with van der Waals surface area (Å²) < 4.78 is 0. The van der Waals surface area contributed by atoms with Crippen molar-refractivity contribution in [2.45, 2.75) is 0 Å². The first-order valence-corrected chi connectivity index (χ1v) is 10.8. The van der Waals surface area contributed by atoms with E-state index in [0.717, 1.165) is 18.2 Å². The van der Waals surface area contributed by atoms with Gasteiger partial charge in [0.15, 0.2) is 11.6 Å². The highest BCUT2D eigenvalue weighted by molar-refractivity contribution is 6.32. The molecule has 9 heteroatoms. The largest absolute Gasteiger partial charge is 0.506 e. The number of nitro groups is 1. The molecule has 5 rings (SSSR count). The molecule has 4 aromatic carbocycles. The van der Waals surface area contributed by atoms with E-state index in [0.29, 0.717) is 5.56 Å². The van der Waals surface area contributed by atoms with E-state index in [4.69, 9.17) is 0 Å². The Bertz CT molecular complexity index is 1580. The number of phenols is 1. The lowest BCUT2D eigenvalue weighted by atomic mass is 9.82. The van der Waals surface area contributed by atoms with Gasteiger partial charge in [0.2, 0.25) is 0 Å². The van der Waals surface area contributed by atoms with Crippen molar-refractivity contribution < 1.29 is 24.4 Å². The van der Waals surface area contributed by atoms with Gasteiger partial charge in [-0.25, -0.2) is 0 Å². The van der Waals surface area contributed by atoms with Crippen molar-refractivity contribution in [3.05, 3.63) is 123 Å². The molecule has 0 heterocycles. The number of nitro benzene ring substituents is 1. The average molecular weight is 479 g/mol. The second-order valence-corrected chi connectivity index (χ2v) is 8.02. The molecule has 1 amide bonds. The summed E-state index contributed by atoms with van der Waals surface area (Å²) in [5.74, 6) is -1.68. The number of hydrogen-bond donors (Lipinski definition) is 3. The summed E-state index contributed by atoms with van der Waals surface area (Å²) in [6.45, 7) is 0. The number of non-ortho nitro benzene ring substituents is 1. The van der Waals surface area contributed by atoms with E-state index < -0.39 is 22.4 Å². The molecule has 0 aliphatic heterocycles. The lowest BCUT2D eigenvalue weighted by Crippen LogP contribution is -2.25. The van der Waals surface area contributed by atoms with Crippen molar-refractivity contribution in [3.63, 3.8) is 0 Å². The zero-order valence-corrected chi connectivity index (χ0v) is 18.5. The average Bonchev–Trinajstić information content (AvgIpc) is 2.89. The topological polar surface area (TPSA) is 139 Å². The van der Waals surface area contributed by atoms with Gasteiger partial charge in [-0.3, -0.25) is 24.5 Å². The van der Waals surface area contributed by atoms with Crippen LogP contribution in [-0.2, 0) is 0 Å². The number of aromatic hydroxyl groups is 1. The molecular weight excluding hydrogens is 462 g/mol. The van der Waals surface area contributed by atoms with E-state index in [1.165, 1.54) is 24.3 Å². The molecule has 0 atom stereocenters. The van der Waals surface area contributed by atoms with E-state index in [2.05, 4.69) is 10.6 Å². The minimum atomic E-state index is -0.618. The number of nitrogens with one attached hydrogen (secondary N) is 2. The van der Waals surface area contributed by atoms with Gasteiger partial charge in [-0.05, 0) is 30.3 Å². The van der Waals surface area contributed by atoms with Crippen LogP contribution < -0.4 is 10.6 Å². The van der Waals surface area contributed by atoms with Crippen LogP contribution in [0, 0.1) is 10.1 Å². The Balaban J connectivity index is 1.65. The maximum Gasteiger partial charge on any atom is 0.271 e. The van der Waals surface area contributed by atoms with Crippen LogP contribution in [0.1, 0.15) is 42.2 Å². The maximum absolute atomic E-state index is 13.6. The Kier molecular flexibility index (Phi) is 5.50. The lowest BCUT2D eigenvalue weighted by Gasteiger charge is -2.23. The Morgan fingerprint density at radius 1 is 0.750 bits per heavy atom. The standard InChI is InChI=1S/C27H17N3O6/c31-22-13-10-16(30(35)36)14-21(22)28-19-11-12-20(29-27(34)15-6-2-1-3-7-15)24-23(19)25(32)17-8-4-5-9-18(17)26(24)33/h1-14,28,31H,(H,29,34). The number of carbonyl (C=O) groups excluding carboxylic acids is 3. The highest BCUT2D eigenvalue weighted by Gasteiger charge is 2.34. The van der Waals surface area contributed by atoms with Crippen LogP contribution >= 0.6 is 0 Å². The molecule has 1 aliphatic rings. The number of hydrogen-bond acceptors (Lipinski definition) is 7. The monoisotopic (exact) mass is 479 g/mol. The summed E-state index contributed by atoms with van der Waals surface area (Å²) in [6.07, 6.45) is 0. The summed E-state index contributed by atoms with van der Waals surface area (Å²) >= 11 is 0. The quantitative estimate of drug-likeness (QED) is 0.182. The molecule has 0 fully saturated rings. The van der Waals surface area contributed by atoms with Crippen molar-refractivity contribution in [1.29, 1.82) is 0 Å². The van der Waals surface area contributed by atoms with Crippen LogP contribution in [0.5, 0.6) is 5.75 Å². The van der Waals surface area contributed by atoms with E-state index in [-0.39, 0.29) is 50.8 Å². The zero-order valence-electron chi connectivity index (χ0n) is 18.5. The first-order chi connectivity index (χ1) is 17.3. The Morgan fingerprint density at radius 3 is 1.97 bits per heavy atom. The predicted octanol–water partition coefficient (Wildman–Crippen LogP) is 5.07. The van der Waals surface area contributed by atoms with Crippen molar-refractivity contribution in [2.75, 3.05) is 10.6 Å². The molecule has 0 saturated carbocycles. The summed E-state index contributed by atoms with van der Waals surface area (Å²) in [6, 6.07) is 21.1. The fourth-order valence-electron chi connectivity index (χ4n) is 4.10. The molecule has 0 saturated heterocycles. The Hall–Kier alpha value is -5.31. The predicted molar refractivity (Wildman–Crippen MR) is 132 cm³/mol. The van der Waals surface area contributed by atoms with Gasteiger partial charge >= 0.3 is 0 Å². The van der Waals surface area contributed by atoms with Crippen LogP contribution in [0.3, 0.4) is 0 Å². The molecule has 9 nitrogen and oxygen atoms in total. The van der Waals surface area contributed by atoms with Gasteiger partial charge in [-0.1, -0.05) is 42.5 Å². The number of ketones is 2. The van der Waals surface area contributed by atoms with E-state index in [1.54, 1.807) is 42.5 Å². The Morgan fingerprint density at radius 2 is 1.33 bits per heavy atom. The third kappa shape index (κ3) is 3.84. The molecule has 36 heavy (non-hydrogen) atoms. The maximum atomic E-state index is 13.6. The molecule has 0 unspecified atom stereocenters. The van der Waals surface area contributed by atoms with Crippen LogP contribution in [0.15, 0.2) is 84.9 Å². The lowest BCUT2D eigenvalue weighted by molar-refractivity contribution is -0.384. The number of phenolic OH excluding ortho intramolecular Hbond substituents is 1. The number of nitrogens with zero attached hydrogens (tertiary/aromatic N) is 1. The van der Waals surface area contributed by atoms with Crippen LogP contribution in [0.2, 0.25) is 0 Å². The summed E-state index contributed by atoms with van der Waals surface area (Å²) in [5, 5.41) is 27.0. The smallest absolute Gasteiger partial charge is 0.271 e. The number of fused-ring (bicyclic) bond motifs is 2. The minimum Gasteiger partial charge on any atom is -0.506 e. The molecule has 3 N–H and O–H groups in total. The van der Waals surface area contributed by atoms with Gasteiger partial charge in [-0.2, -0.15) is 0 Å². The summed E-state index contributed by atoms with van der Waals surface area (Å²) in [7, 11) is 0. The molecule has 4 aromatic rings. The van der Waals surface area contributed by atoms with Crippen LogP contribution in [-0.4, -0.2) is 27.5 Å². The van der Waals surface area contributed by atoms with Crippen LogP contribution in [0.25, 0.3) is 0 Å². The van der Waals surface area contributed by atoms with Gasteiger partial charge in [0.1, 0.15) is 5.75 Å². The molecule has 0 bridgehead atoms. The fraction of sp³-hybridized carbons (Fsp3) is 0. The first-order valence-electron chi connectivity index (χ1n) is 10.8. The zero-order chi connectivity index (χ0) is 25.4. The fourth-order valence-corrected chi connectivity index (χ4v) is 4.10. The van der Waals surface area contributed by atoms with Crippen LogP contribution in [0.4, 0.5) is 22.7 Å². The normalized spacial score (nSPS) is 11.9. The van der Waals surface area contributed by atoms with Gasteiger partial charge in [-0.15, -0.1) is 0 Å². The number of rotatable bonds is 5. The minimum absolute atomic E-state index is 0.0158. The van der Waals surface area contributed by atoms with E-state index in [9.17, 15) is 29.6 Å². The first kappa shape index (κ1) is 22.5. The van der Waals surface area contributed by atoms with Gasteiger partial charge < -0.3 is 15.7 Å². The number of benzene rings is 4. The second-order valence-electron chi connectivity index (χ2n) is 8.02. The van der Waals surface area contributed by atoms with Gasteiger partial charge in [0.25, 0.3) is 11.6 Å². The Labute approximate surface area is 204 Å². The van der Waals surface area contributed by atoms with Crippen molar-refractivity contribution in [1.82, 2.24) is 0 Å². The second kappa shape index (κ2) is 8.80. The van der Waals surface area contributed by atoms with Gasteiger partial charge in [0, 0.05) is 28.8 Å². The number of amides is 1. The van der Waals surface area contributed by atoms with Crippen molar-refractivity contribution >= 4 is 40.2 Å². The number of carbonyl (C=O) groups is 3. The molecule has 0 spiro atoms. The highest BCUT2D eigenvalue weighted by atomic mass is 16.6. The summed E-state index contributed by atoms with van der Waals surface area (Å²) in [4.78, 5) is 50.5. The molecule has 176 valence electrons. The van der Waals surface area contributed by atoms with E-state index >= 15 is 0 Å². The SMILES string of the molecule is O=C(Nc1ccc(Nc2cc([N+](=O)[O-])ccc2O)c2c1C(=O)c1ccccc1C2=O)c1ccccc1. The van der Waals surface area contributed by atoms with Gasteiger partial charge in [0.05, 0.1) is 33.1 Å². The molecule has 1 aliphatic carbocycles. The van der Waals surface area contributed by atoms with Crippen molar-refractivity contribution in [2.24, 2.45) is 0 Å². The third-order valence-corrected chi connectivity index (χ3v) is 5.82. The molecular formula is C27H17N3O6. The number of anilines is 3. The van der Waals surface area contributed by atoms with E-state index in [1.807, 2.05) is 0 Å².